The molecule has 1 fully saturated rings. The molecule has 3 rings (SSSR count). The molecule has 0 N–H and O–H groups in total. The number of thioether (sulfide) groups is 1. The Balaban J connectivity index is 1.67. The monoisotopic (exact) mass is 376 g/mol. The fourth-order valence-corrected chi connectivity index (χ4v) is 4.31. The lowest BCUT2D eigenvalue weighted by atomic mass is 9.86. The van der Waals surface area contributed by atoms with Crippen molar-refractivity contribution in [2.45, 2.75) is 39.0 Å². The van der Waals surface area contributed by atoms with Gasteiger partial charge in [0.1, 0.15) is 6.61 Å². The Labute approximate surface area is 155 Å². The topological polar surface area (TPSA) is 89.8 Å². The van der Waals surface area contributed by atoms with Crippen LogP contribution in [0, 0.1) is 16.0 Å². The normalized spacial score (nSPS) is 23.9. The number of amides is 1. The highest BCUT2D eigenvalue weighted by atomic mass is 32.2. The highest BCUT2D eigenvalue weighted by Gasteiger charge is 2.55. The summed E-state index contributed by atoms with van der Waals surface area (Å²) in [5.74, 6) is 0.303. The van der Waals surface area contributed by atoms with Gasteiger partial charge in [-0.2, -0.15) is 0 Å². The quantitative estimate of drug-likeness (QED) is 0.315. The van der Waals surface area contributed by atoms with Crippen LogP contribution in [0.4, 0.5) is 5.69 Å². The molecule has 3 atom stereocenters. The van der Waals surface area contributed by atoms with Crippen molar-refractivity contribution in [2.75, 3.05) is 5.75 Å². The molecular formula is C18H20N2O5S. The molecule has 1 aromatic rings. The first-order chi connectivity index (χ1) is 12.5. The van der Waals surface area contributed by atoms with Gasteiger partial charge in [-0.05, 0) is 35.9 Å². The SMILES string of the molecule is CCSC1=CC2[C@H](CC)C(=O)N2[C@H]1C(=O)OCc1ccc([N+](=O)[O-])cc1. The fourth-order valence-electron chi connectivity index (χ4n) is 3.38. The van der Waals surface area contributed by atoms with Gasteiger partial charge in [-0.3, -0.25) is 14.9 Å². The van der Waals surface area contributed by atoms with E-state index in [-0.39, 0.29) is 30.2 Å². The molecule has 0 aliphatic carbocycles. The number of β-lactam (4-membered cyclic amide) rings is 1. The van der Waals surface area contributed by atoms with E-state index in [0.717, 1.165) is 17.1 Å². The van der Waals surface area contributed by atoms with Crippen LogP contribution in [0.25, 0.3) is 0 Å². The summed E-state index contributed by atoms with van der Waals surface area (Å²) in [6.45, 7) is 3.99. The molecule has 0 aromatic heterocycles. The number of hydrogen-bond donors (Lipinski definition) is 0. The van der Waals surface area contributed by atoms with Gasteiger partial charge in [0, 0.05) is 17.0 Å². The molecule has 1 saturated heterocycles. The summed E-state index contributed by atoms with van der Waals surface area (Å²) in [6.07, 6.45) is 2.77. The zero-order valence-corrected chi connectivity index (χ0v) is 15.4. The van der Waals surface area contributed by atoms with Crippen LogP contribution >= 0.6 is 11.8 Å². The minimum atomic E-state index is -0.668. The molecule has 26 heavy (non-hydrogen) atoms. The number of nitro benzene ring substituents is 1. The van der Waals surface area contributed by atoms with Crippen molar-refractivity contribution in [3.8, 4) is 0 Å². The molecule has 2 aliphatic heterocycles. The van der Waals surface area contributed by atoms with E-state index in [2.05, 4.69) is 0 Å². The minimum Gasteiger partial charge on any atom is -0.459 e. The predicted octanol–water partition coefficient (Wildman–Crippen LogP) is 2.89. The summed E-state index contributed by atoms with van der Waals surface area (Å²) in [7, 11) is 0. The number of ether oxygens (including phenoxy) is 1. The maximum absolute atomic E-state index is 12.6. The molecule has 8 heteroatoms. The Morgan fingerprint density at radius 1 is 1.31 bits per heavy atom. The summed E-state index contributed by atoms with van der Waals surface area (Å²) >= 11 is 1.56. The number of rotatable bonds is 7. The van der Waals surface area contributed by atoms with Crippen molar-refractivity contribution in [3.63, 3.8) is 0 Å². The van der Waals surface area contributed by atoms with Crippen molar-refractivity contribution < 1.29 is 19.2 Å². The third-order valence-corrected chi connectivity index (χ3v) is 5.67. The van der Waals surface area contributed by atoms with Crippen molar-refractivity contribution in [1.82, 2.24) is 4.90 Å². The lowest BCUT2D eigenvalue weighted by Gasteiger charge is -2.44. The third-order valence-electron chi connectivity index (χ3n) is 4.69. The van der Waals surface area contributed by atoms with Gasteiger partial charge in [0.25, 0.3) is 5.69 Å². The first kappa shape index (κ1) is 18.4. The number of esters is 1. The second-order valence-electron chi connectivity index (χ2n) is 6.19. The minimum absolute atomic E-state index is 0.00209. The highest BCUT2D eigenvalue weighted by Crippen LogP contribution is 2.43. The number of nitrogens with zero attached hydrogens (tertiary/aromatic N) is 2. The van der Waals surface area contributed by atoms with Gasteiger partial charge in [0.05, 0.1) is 16.9 Å². The maximum Gasteiger partial charge on any atom is 0.334 e. The number of hydrogen-bond acceptors (Lipinski definition) is 6. The highest BCUT2D eigenvalue weighted by molar-refractivity contribution is 8.03. The Kier molecular flexibility index (Phi) is 5.31. The Bertz CT molecular complexity index is 761. The molecule has 0 saturated carbocycles. The summed E-state index contributed by atoms with van der Waals surface area (Å²) in [6, 6.07) is 5.18. The zero-order valence-electron chi connectivity index (χ0n) is 14.6. The molecule has 138 valence electrons. The molecule has 1 amide bonds. The Hall–Kier alpha value is -2.35. The van der Waals surface area contributed by atoms with E-state index in [1.54, 1.807) is 28.8 Å². The van der Waals surface area contributed by atoms with E-state index >= 15 is 0 Å². The van der Waals surface area contributed by atoms with E-state index in [0.29, 0.717) is 5.56 Å². The fraction of sp³-hybridized carbons (Fsp3) is 0.444. The van der Waals surface area contributed by atoms with E-state index in [4.69, 9.17) is 4.74 Å². The standard InChI is InChI=1S/C18H20N2O5S/c1-3-13-14-9-15(26-4-2)16(19(14)17(13)21)18(22)25-10-11-5-7-12(8-6-11)20(23)24/h5-9,13-14,16H,3-4,10H2,1-2H3/t13-,14?,16+/m0/s1. The number of non-ortho nitro benzene ring substituents is 1. The van der Waals surface area contributed by atoms with E-state index in [9.17, 15) is 19.7 Å². The van der Waals surface area contributed by atoms with Crippen LogP contribution in [-0.4, -0.2) is 39.5 Å². The van der Waals surface area contributed by atoms with Crippen LogP contribution in [-0.2, 0) is 20.9 Å². The first-order valence-electron chi connectivity index (χ1n) is 8.54. The van der Waals surface area contributed by atoms with Gasteiger partial charge in [0.15, 0.2) is 6.04 Å². The number of benzene rings is 1. The second kappa shape index (κ2) is 7.49. The summed E-state index contributed by atoms with van der Waals surface area (Å²) < 4.78 is 5.40. The molecule has 0 radical (unpaired) electrons. The lowest BCUT2D eigenvalue weighted by Crippen LogP contribution is -2.62. The summed E-state index contributed by atoms with van der Waals surface area (Å²) in [4.78, 5) is 37.6. The molecule has 7 nitrogen and oxygen atoms in total. The number of nitro groups is 1. The van der Waals surface area contributed by atoms with Crippen LogP contribution < -0.4 is 0 Å². The van der Waals surface area contributed by atoms with Crippen molar-refractivity contribution >= 4 is 29.3 Å². The molecule has 1 unspecified atom stereocenters. The molecule has 0 spiro atoms. The van der Waals surface area contributed by atoms with Crippen LogP contribution in [0.3, 0.4) is 0 Å². The molecule has 1 aromatic carbocycles. The van der Waals surface area contributed by atoms with E-state index in [1.165, 1.54) is 12.1 Å². The van der Waals surface area contributed by atoms with E-state index < -0.39 is 16.9 Å². The van der Waals surface area contributed by atoms with Gasteiger partial charge >= 0.3 is 5.97 Å². The lowest BCUT2D eigenvalue weighted by molar-refractivity contribution is -0.384. The first-order valence-corrected chi connectivity index (χ1v) is 9.53. The largest absolute Gasteiger partial charge is 0.459 e. The maximum atomic E-state index is 12.6. The number of fused-ring (bicyclic) bond motifs is 1. The van der Waals surface area contributed by atoms with Gasteiger partial charge < -0.3 is 9.64 Å². The number of carbonyl (C=O) groups excluding carboxylic acids is 2. The molecule has 2 heterocycles. The van der Waals surface area contributed by atoms with Gasteiger partial charge in [-0.25, -0.2) is 4.79 Å². The second-order valence-corrected chi connectivity index (χ2v) is 7.52. The van der Waals surface area contributed by atoms with Crippen LogP contribution in [0.2, 0.25) is 0 Å². The molecule has 2 aliphatic rings. The smallest absolute Gasteiger partial charge is 0.334 e. The zero-order chi connectivity index (χ0) is 18.8. The van der Waals surface area contributed by atoms with E-state index in [1.807, 2.05) is 19.9 Å². The van der Waals surface area contributed by atoms with Gasteiger partial charge in [0.2, 0.25) is 5.91 Å². The Morgan fingerprint density at radius 3 is 2.58 bits per heavy atom. The number of carbonyl (C=O) groups is 2. The van der Waals surface area contributed by atoms with Crippen molar-refractivity contribution in [1.29, 1.82) is 0 Å². The third kappa shape index (κ3) is 3.21. The van der Waals surface area contributed by atoms with Gasteiger partial charge in [-0.15, -0.1) is 11.8 Å². The predicted molar refractivity (Wildman–Crippen MR) is 97.3 cm³/mol. The van der Waals surface area contributed by atoms with Gasteiger partial charge in [-0.1, -0.05) is 13.8 Å². The van der Waals surface area contributed by atoms with Crippen LogP contribution in [0.15, 0.2) is 35.2 Å². The molecule has 0 bridgehead atoms. The van der Waals surface area contributed by atoms with Crippen LogP contribution in [0.1, 0.15) is 25.8 Å². The average molecular weight is 376 g/mol. The summed E-state index contributed by atoms with van der Waals surface area (Å²) in [5.41, 5.74) is 0.647. The summed E-state index contributed by atoms with van der Waals surface area (Å²) in [5, 5.41) is 10.7. The Morgan fingerprint density at radius 2 is 2.00 bits per heavy atom. The average Bonchev–Trinajstić information content (AvgIpc) is 2.95. The van der Waals surface area contributed by atoms with Crippen molar-refractivity contribution in [2.24, 2.45) is 5.92 Å². The van der Waals surface area contributed by atoms with Crippen molar-refractivity contribution in [3.05, 3.63) is 50.9 Å². The van der Waals surface area contributed by atoms with Crippen LogP contribution in [0.5, 0.6) is 0 Å². The molecular weight excluding hydrogens is 356 g/mol.